The fourth-order valence-corrected chi connectivity index (χ4v) is 4.61. The van der Waals surface area contributed by atoms with Gasteiger partial charge in [-0.3, -0.25) is 14.2 Å². The molecule has 0 aliphatic heterocycles. The Hall–Kier alpha value is -2.42. The van der Waals surface area contributed by atoms with E-state index in [0.717, 1.165) is 32.1 Å². The molecule has 2 aromatic carbocycles. The van der Waals surface area contributed by atoms with Gasteiger partial charge in [0.1, 0.15) is 5.82 Å². The number of anilines is 1. The van der Waals surface area contributed by atoms with Crippen molar-refractivity contribution >= 4 is 45.9 Å². The van der Waals surface area contributed by atoms with Gasteiger partial charge in [0, 0.05) is 6.54 Å². The molecule has 0 radical (unpaired) electrons. The number of carbonyl (C=O) groups is 1. The van der Waals surface area contributed by atoms with Gasteiger partial charge in [0.25, 0.3) is 5.56 Å². The van der Waals surface area contributed by atoms with Crippen molar-refractivity contribution in [3.8, 4) is 0 Å². The monoisotopic (exact) mass is 490 g/mol. The quantitative estimate of drug-likeness (QED) is 0.318. The third-order valence-corrected chi connectivity index (χ3v) is 6.82. The lowest BCUT2D eigenvalue weighted by Gasteiger charge is -2.20. The van der Waals surface area contributed by atoms with E-state index >= 15 is 0 Å². The largest absolute Gasteiger partial charge is 0.324 e. The standard InChI is InChI=1S/C24H28ClFN4O2S/c1-4-29(5-2)13-8-14-30-23(32)18-9-6-7-10-20(18)28-24(30)33-16(3)22(31)27-21-12-11-17(26)15-19(21)25/h6-7,9-12,15-16H,4-5,8,13-14H2,1-3H3,(H,27,31)/t16-/m1/s1. The zero-order valence-corrected chi connectivity index (χ0v) is 20.5. The van der Waals surface area contributed by atoms with Crippen LogP contribution in [0.3, 0.4) is 0 Å². The Morgan fingerprint density at radius 3 is 2.67 bits per heavy atom. The van der Waals surface area contributed by atoms with E-state index in [0.29, 0.717) is 28.3 Å². The molecule has 0 fully saturated rings. The molecule has 176 valence electrons. The van der Waals surface area contributed by atoms with E-state index in [1.807, 2.05) is 12.1 Å². The third kappa shape index (κ3) is 6.34. The number of amides is 1. The van der Waals surface area contributed by atoms with Crippen LogP contribution in [0.15, 0.2) is 52.4 Å². The van der Waals surface area contributed by atoms with Gasteiger partial charge in [-0.2, -0.15) is 0 Å². The molecular weight excluding hydrogens is 463 g/mol. The van der Waals surface area contributed by atoms with Crippen molar-refractivity contribution in [2.24, 2.45) is 0 Å². The first-order chi connectivity index (χ1) is 15.8. The number of aromatic nitrogens is 2. The first-order valence-electron chi connectivity index (χ1n) is 11.0. The van der Waals surface area contributed by atoms with Crippen LogP contribution in [0.2, 0.25) is 5.02 Å². The average molecular weight is 491 g/mol. The fourth-order valence-electron chi connectivity index (χ4n) is 3.46. The lowest BCUT2D eigenvalue weighted by Crippen LogP contribution is -2.29. The molecule has 0 spiro atoms. The highest BCUT2D eigenvalue weighted by molar-refractivity contribution is 8.00. The first-order valence-corrected chi connectivity index (χ1v) is 12.2. The van der Waals surface area contributed by atoms with E-state index in [2.05, 4.69) is 29.0 Å². The number of hydrogen-bond donors (Lipinski definition) is 1. The van der Waals surface area contributed by atoms with Crippen LogP contribution in [-0.2, 0) is 11.3 Å². The molecule has 1 atom stereocenters. The molecule has 3 aromatic rings. The van der Waals surface area contributed by atoms with Crippen molar-refractivity contribution in [3.05, 3.63) is 63.7 Å². The zero-order chi connectivity index (χ0) is 24.0. The Bertz CT molecular complexity index is 1180. The van der Waals surface area contributed by atoms with Crippen molar-refractivity contribution in [2.45, 2.75) is 44.1 Å². The first kappa shape index (κ1) is 25.2. The molecule has 6 nitrogen and oxygen atoms in total. The number of halogens is 2. The zero-order valence-electron chi connectivity index (χ0n) is 19.0. The summed E-state index contributed by atoms with van der Waals surface area (Å²) in [7, 11) is 0. The van der Waals surface area contributed by atoms with Gasteiger partial charge in [-0.05, 0) is 63.3 Å². The molecule has 0 saturated carbocycles. The minimum absolute atomic E-state index is 0.114. The van der Waals surface area contributed by atoms with E-state index in [1.54, 1.807) is 23.6 Å². The van der Waals surface area contributed by atoms with Gasteiger partial charge in [-0.25, -0.2) is 9.37 Å². The Kier molecular flexibility index (Phi) is 8.88. The summed E-state index contributed by atoms with van der Waals surface area (Å²) in [5.41, 5.74) is 0.814. The number of hydrogen-bond acceptors (Lipinski definition) is 5. The number of fused-ring (bicyclic) bond motifs is 1. The number of nitrogens with one attached hydrogen (secondary N) is 1. The topological polar surface area (TPSA) is 67.2 Å². The molecule has 1 aromatic heterocycles. The highest BCUT2D eigenvalue weighted by Gasteiger charge is 2.20. The number of nitrogens with zero attached hydrogens (tertiary/aromatic N) is 3. The summed E-state index contributed by atoms with van der Waals surface area (Å²) in [5.74, 6) is -0.792. The fraction of sp³-hybridized carbons (Fsp3) is 0.375. The van der Waals surface area contributed by atoms with Crippen LogP contribution in [0.4, 0.5) is 10.1 Å². The molecule has 1 N–H and O–H groups in total. The van der Waals surface area contributed by atoms with Crippen LogP contribution in [0.25, 0.3) is 10.9 Å². The van der Waals surface area contributed by atoms with Gasteiger partial charge >= 0.3 is 0 Å². The number of rotatable bonds is 10. The summed E-state index contributed by atoms with van der Waals surface area (Å²) in [6.45, 7) is 9.24. The van der Waals surface area contributed by atoms with Crippen LogP contribution < -0.4 is 10.9 Å². The van der Waals surface area contributed by atoms with E-state index in [9.17, 15) is 14.0 Å². The average Bonchev–Trinajstić information content (AvgIpc) is 2.80. The van der Waals surface area contributed by atoms with Gasteiger partial charge < -0.3 is 10.2 Å². The maximum absolute atomic E-state index is 13.3. The summed E-state index contributed by atoms with van der Waals surface area (Å²) >= 11 is 7.25. The highest BCUT2D eigenvalue weighted by atomic mass is 35.5. The summed E-state index contributed by atoms with van der Waals surface area (Å²) < 4.78 is 15.0. The summed E-state index contributed by atoms with van der Waals surface area (Å²) in [6, 6.07) is 11.0. The molecule has 1 heterocycles. The predicted octanol–water partition coefficient (Wildman–Crippen LogP) is 5.04. The van der Waals surface area contributed by atoms with E-state index in [1.165, 1.54) is 23.9 Å². The number of para-hydroxylation sites is 1. The molecule has 9 heteroatoms. The lowest BCUT2D eigenvalue weighted by atomic mass is 10.2. The van der Waals surface area contributed by atoms with Crippen LogP contribution in [-0.4, -0.2) is 45.2 Å². The van der Waals surface area contributed by atoms with Crippen molar-refractivity contribution in [2.75, 3.05) is 25.0 Å². The predicted molar refractivity (Wildman–Crippen MR) is 134 cm³/mol. The smallest absolute Gasteiger partial charge is 0.262 e. The Labute approximate surface area is 202 Å². The van der Waals surface area contributed by atoms with Gasteiger partial charge in [0.05, 0.1) is 26.9 Å². The Balaban J connectivity index is 1.83. The Morgan fingerprint density at radius 2 is 1.97 bits per heavy atom. The normalized spacial score (nSPS) is 12.3. The number of benzene rings is 2. The molecule has 0 aliphatic rings. The second kappa shape index (κ2) is 11.6. The van der Waals surface area contributed by atoms with Gasteiger partial charge in [0.15, 0.2) is 5.16 Å². The lowest BCUT2D eigenvalue weighted by molar-refractivity contribution is -0.115. The molecule has 1 amide bonds. The van der Waals surface area contributed by atoms with E-state index in [-0.39, 0.29) is 16.5 Å². The maximum atomic E-state index is 13.3. The van der Waals surface area contributed by atoms with Crippen LogP contribution in [0, 0.1) is 5.82 Å². The molecule has 33 heavy (non-hydrogen) atoms. The second-order valence-electron chi connectivity index (χ2n) is 7.62. The molecule has 3 rings (SSSR count). The highest BCUT2D eigenvalue weighted by Crippen LogP contribution is 2.26. The van der Waals surface area contributed by atoms with Crippen molar-refractivity contribution in [3.63, 3.8) is 0 Å². The van der Waals surface area contributed by atoms with Crippen LogP contribution >= 0.6 is 23.4 Å². The molecule has 0 saturated heterocycles. The van der Waals surface area contributed by atoms with E-state index < -0.39 is 11.1 Å². The minimum atomic E-state index is -0.562. The van der Waals surface area contributed by atoms with Crippen molar-refractivity contribution in [1.82, 2.24) is 14.5 Å². The molecule has 0 aliphatic carbocycles. The Morgan fingerprint density at radius 1 is 1.24 bits per heavy atom. The summed E-state index contributed by atoms with van der Waals surface area (Å²) in [5, 5.41) is 3.33. The third-order valence-electron chi connectivity index (χ3n) is 5.42. The second-order valence-corrected chi connectivity index (χ2v) is 9.34. The SMILES string of the molecule is CCN(CC)CCCn1c(S[C@H](C)C(=O)Nc2ccc(F)cc2Cl)nc2ccccc2c1=O. The van der Waals surface area contributed by atoms with Gasteiger partial charge in [-0.1, -0.05) is 49.3 Å². The van der Waals surface area contributed by atoms with Gasteiger partial charge in [-0.15, -0.1) is 0 Å². The maximum Gasteiger partial charge on any atom is 0.262 e. The summed E-state index contributed by atoms with van der Waals surface area (Å²) in [6.07, 6.45) is 0.793. The summed E-state index contributed by atoms with van der Waals surface area (Å²) in [4.78, 5) is 33.0. The van der Waals surface area contributed by atoms with E-state index in [4.69, 9.17) is 11.6 Å². The van der Waals surface area contributed by atoms with Crippen molar-refractivity contribution < 1.29 is 9.18 Å². The van der Waals surface area contributed by atoms with Crippen LogP contribution in [0.1, 0.15) is 27.2 Å². The van der Waals surface area contributed by atoms with Crippen molar-refractivity contribution in [1.29, 1.82) is 0 Å². The number of thioether (sulfide) groups is 1. The molecule has 0 bridgehead atoms. The van der Waals surface area contributed by atoms with Gasteiger partial charge in [0.2, 0.25) is 5.91 Å². The molecular formula is C24H28ClFN4O2S. The minimum Gasteiger partial charge on any atom is -0.324 e. The van der Waals surface area contributed by atoms with Crippen LogP contribution in [0.5, 0.6) is 0 Å². The number of carbonyl (C=O) groups excluding carboxylic acids is 1. The molecule has 0 unspecified atom stereocenters.